The highest BCUT2D eigenvalue weighted by atomic mass is 79.9. The van der Waals surface area contributed by atoms with Crippen LogP contribution in [0.5, 0.6) is 5.88 Å². The molecule has 212 valence electrons. The summed E-state index contributed by atoms with van der Waals surface area (Å²) in [5.74, 6) is 0.247. The highest BCUT2D eigenvalue weighted by Crippen LogP contribution is 2.38. The van der Waals surface area contributed by atoms with E-state index in [1.807, 2.05) is 0 Å². The number of hydrogen-bond acceptors (Lipinski definition) is 8. The molecule has 1 aromatic rings. The molecule has 0 saturated heterocycles. The number of hydrogen-bond donors (Lipinski definition) is 0. The summed E-state index contributed by atoms with van der Waals surface area (Å²) in [5.41, 5.74) is 0. The average Bonchev–Trinajstić information content (AvgIpc) is 3.38. The third-order valence-corrected chi connectivity index (χ3v) is 7.18. The second-order valence-electron chi connectivity index (χ2n) is 9.22. The fourth-order valence-corrected chi connectivity index (χ4v) is 5.02. The van der Waals surface area contributed by atoms with Crippen molar-refractivity contribution in [2.24, 2.45) is 0 Å². The molecule has 2 atom stereocenters. The Bertz CT molecular complexity index is 636. The van der Waals surface area contributed by atoms with Gasteiger partial charge in [0.25, 0.3) is 13.7 Å². The summed E-state index contributed by atoms with van der Waals surface area (Å²) in [6.07, 6.45) is 21.9. The summed E-state index contributed by atoms with van der Waals surface area (Å²) in [7, 11) is -4.39. The molecule has 0 fully saturated rings. The smallest absolute Gasteiger partial charge is 0.268 e. The van der Waals surface area contributed by atoms with Gasteiger partial charge in [-0.3, -0.25) is 4.57 Å². The maximum Gasteiger partial charge on any atom is 0.268 e. The van der Waals surface area contributed by atoms with Crippen molar-refractivity contribution in [1.82, 2.24) is 5.16 Å². The van der Waals surface area contributed by atoms with Crippen molar-refractivity contribution >= 4 is 23.8 Å². The fraction of sp³-hybridized carbons (Fsp3) is 0.885. The summed E-state index contributed by atoms with van der Waals surface area (Å²) in [5, 5.41) is 4.08. The van der Waals surface area contributed by atoms with Crippen molar-refractivity contribution in [3.8, 4) is 5.88 Å². The van der Waals surface area contributed by atoms with Crippen molar-refractivity contribution in [1.29, 1.82) is 0 Å². The Morgan fingerprint density at radius 3 is 1.92 bits per heavy atom. The fourth-order valence-electron chi connectivity index (χ4n) is 3.87. The van der Waals surface area contributed by atoms with Crippen LogP contribution in [-0.2, 0) is 18.3 Å². The topological polar surface area (TPSA) is 103 Å². The molecule has 10 heteroatoms. The summed E-state index contributed by atoms with van der Waals surface area (Å²) in [6.45, 7) is 2.82. The Morgan fingerprint density at radius 2 is 1.42 bits per heavy atom. The first-order chi connectivity index (χ1) is 17.6. The van der Waals surface area contributed by atoms with Crippen molar-refractivity contribution in [2.45, 2.75) is 116 Å². The summed E-state index contributed by atoms with van der Waals surface area (Å²) in [6, 6.07) is 1.54. The van der Waals surface area contributed by atoms with E-state index in [4.69, 9.17) is 23.0 Å². The standard InChI is InChI=1S/C26H49BrNO7P/c1-2-3-4-5-6-7-8-9-10-11-12-13-14-15-16-17-20-31-23-25(35-26-18-21-32-28-26)24-34-36(29,30)33-22-19-27/h18,21,25H,2-17,19-20,22-24H2,1H3,(H,29,30)/p-1. The molecular weight excluding hydrogens is 549 g/mol. The third kappa shape index (κ3) is 20.6. The number of ether oxygens (including phenoxy) is 2. The number of alkyl halides is 1. The van der Waals surface area contributed by atoms with E-state index >= 15 is 0 Å². The second kappa shape index (κ2) is 23.7. The number of halogens is 1. The Hall–Kier alpha value is -0.440. The van der Waals surface area contributed by atoms with Gasteiger partial charge in [0.05, 0.1) is 19.8 Å². The van der Waals surface area contributed by atoms with Crippen LogP contribution in [0.2, 0.25) is 0 Å². The van der Waals surface area contributed by atoms with Crippen molar-refractivity contribution < 1.29 is 32.5 Å². The number of rotatable bonds is 27. The van der Waals surface area contributed by atoms with Crippen LogP contribution in [0.3, 0.4) is 0 Å². The summed E-state index contributed by atoms with van der Waals surface area (Å²) in [4.78, 5) is 11.8. The Morgan fingerprint density at radius 1 is 0.861 bits per heavy atom. The summed E-state index contributed by atoms with van der Waals surface area (Å²) < 4.78 is 37.5. The van der Waals surface area contributed by atoms with Gasteiger partial charge in [-0.05, 0) is 11.6 Å². The normalized spacial score (nSPS) is 14.1. The maximum atomic E-state index is 11.8. The van der Waals surface area contributed by atoms with Gasteiger partial charge < -0.3 is 27.9 Å². The number of phosphoric ester groups is 1. The molecule has 0 N–H and O–H groups in total. The van der Waals surface area contributed by atoms with Crippen LogP contribution in [0, 0.1) is 0 Å². The molecule has 1 heterocycles. The highest BCUT2D eigenvalue weighted by Gasteiger charge is 2.18. The molecule has 0 bridgehead atoms. The molecule has 0 saturated carbocycles. The Balaban J connectivity index is 2.00. The molecule has 2 unspecified atom stereocenters. The zero-order valence-corrected chi connectivity index (χ0v) is 24.7. The van der Waals surface area contributed by atoms with E-state index in [2.05, 4.69) is 28.0 Å². The zero-order valence-electron chi connectivity index (χ0n) is 22.2. The van der Waals surface area contributed by atoms with Gasteiger partial charge in [-0.25, -0.2) is 0 Å². The maximum absolute atomic E-state index is 11.8. The molecule has 0 radical (unpaired) electrons. The molecule has 0 amide bonds. The van der Waals surface area contributed by atoms with Crippen LogP contribution < -0.4 is 9.63 Å². The van der Waals surface area contributed by atoms with E-state index in [9.17, 15) is 9.46 Å². The lowest BCUT2D eigenvalue weighted by molar-refractivity contribution is -0.226. The molecule has 1 rings (SSSR count). The monoisotopic (exact) mass is 596 g/mol. The van der Waals surface area contributed by atoms with Gasteiger partial charge in [0, 0.05) is 18.0 Å². The predicted molar refractivity (Wildman–Crippen MR) is 145 cm³/mol. The molecule has 8 nitrogen and oxygen atoms in total. The molecule has 0 aliphatic heterocycles. The minimum absolute atomic E-state index is 0.00530. The molecular formula is C26H48BrNO7P-. The van der Waals surface area contributed by atoms with Crippen molar-refractivity contribution in [3.05, 3.63) is 12.3 Å². The van der Waals surface area contributed by atoms with Crippen LogP contribution in [0.1, 0.15) is 110 Å². The predicted octanol–water partition coefficient (Wildman–Crippen LogP) is 7.60. The van der Waals surface area contributed by atoms with Gasteiger partial charge in [0.1, 0.15) is 12.4 Å². The molecule has 0 spiro atoms. The Kier molecular flexibility index (Phi) is 22.1. The number of nitrogens with zero attached hydrogens (tertiary/aromatic N) is 1. The van der Waals surface area contributed by atoms with E-state index < -0.39 is 13.9 Å². The van der Waals surface area contributed by atoms with Gasteiger partial charge >= 0.3 is 0 Å². The van der Waals surface area contributed by atoms with Gasteiger partial charge in [-0.1, -0.05) is 119 Å². The first-order valence-electron chi connectivity index (χ1n) is 13.9. The summed E-state index contributed by atoms with van der Waals surface area (Å²) >= 11 is 3.11. The lowest BCUT2D eigenvalue weighted by Gasteiger charge is -2.25. The molecule has 0 aliphatic rings. The van der Waals surface area contributed by atoms with Crippen LogP contribution in [0.15, 0.2) is 16.9 Å². The first kappa shape index (κ1) is 33.6. The lowest BCUT2D eigenvalue weighted by Crippen LogP contribution is -2.29. The SMILES string of the molecule is CCCCCCCCCCCCCCCCCCOCC(COP(=O)([O-])OCCBr)Oc1ccon1. The molecule has 0 aliphatic carbocycles. The molecule has 36 heavy (non-hydrogen) atoms. The van der Waals surface area contributed by atoms with E-state index in [0.717, 1.165) is 12.8 Å². The van der Waals surface area contributed by atoms with Crippen LogP contribution in [0.4, 0.5) is 0 Å². The van der Waals surface area contributed by atoms with Gasteiger partial charge in [-0.15, -0.1) is 0 Å². The number of aromatic nitrogens is 1. The molecule has 0 aromatic carbocycles. The van der Waals surface area contributed by atoms with Gasteiger partial charge in [-0.2, -0.15) is 0 Å². The van der Waals surface area contributed by atoms with Crippen molar-refractivity contribution in [3.63, 3.8) is 0 Å². The van der Waals surface area contributed by atoms with E-state index in [1.165, 1.54) is 96.2 Å². The average molecular weight is 598 g/mol. The Labute approximate surface area is 226 Å². The van der Waals surface area contributed by atoms with E-state index in [0.29, 0.717) is 11.9 Å². The minimum atomic E-state index is -4.39. The van der Waals surface area contributed by atoms with E-state index in [-0.39, 0.29) is 25.7 Å². The van der Waals surface area contributed by atoms with Crippen molar-refractivity contribution in [2.75, 3.05) is 31.8 Å². The lowest BCUT2D eigenvalue weighted by atomic mass is 10.0. The number of unbranched alkanes of at least 4 members (excludes halogenated alkanes) is 15. The largest absolute Gasteiger partial charge is 0.756 e. The van der Waals surface area contributed by atoms with E-state index in [1.54, 1.807) is 6.07 Å². The quantitative estimate of drug-likeness (QED) is 0.0581. The first-order valence-corrected chi connectivity index (χ1v) is 16.5. The van der Waals surface area contributed by atoms with Crippen LogP contribution in [-0.4, -0.2) is 43.0 Å². The van der Waals surface area contributed by atoms with Crippen LogP contribution >= 0.6 is 23.8 Å². The number of phosphoric acid groups is 1. The van der Waals surface area contributed by atoms with Gasteiger partial charge in [0.2, 0.25) is 0 Å². The minimum Gasteiger partial charge on any atom is -0.756 e. The second-order valence-corrected chi connectivity index (χ2v) is 11.4. The van der Waals surface area contributed by atoms with Gasteiger partial charge in [0.15, 0.2) is 0 Å². The van der Waals surface area contributed by atoms with Crippen LogP contribution in [0.25, 0.3) is 0 Å². The zero-order chi connectivity index (χ0) is 26.2. The highest BCUT2D eigenvalue weighted by molar-refractivity contribution is 9.09. The third-order valence-electron chi connectivity index (χ3n) is 5.89. The molecule has 1 aromatic heterocycles.